The molecule has 1 fully saturated rings. The van der Waals surface area contributed by atoms with Crippen molar-refractivity contribution in [1.29, 1.82) is 0 Å². The van der Waals surface area contributed by atoms with Crippen molar-refractivity contribution in [2.75, 3.05) is 18.4 Å². The normalized spacial score (nSPS) is 18.6. The van der Waals surface area contributed by atoms with Crippen molar-refractivity contribution in [2.45, 2.75) is 17.0 Å². The first-order chi connectivity index (χ1) is 16.8. The van der Waals surface area contributed by atoms with Gasteiger partial charge >= 0.3 is 0 Å². The minimum atomic E-state index is -3.81. The molecule has 2 atom stereocenters. The van der Waals surface area contributed by atoms with Gasteiger partial charge in [-0.3, -0.25) is 0 Å². The van der Waals surface area contributed by atoms with E-state index in [1.165, 1.54) is 35.3 Å². The molecule has 2 aromatic carbocycles. The molecule has 5 rings (SSSR count). The predicted molar refractivity (Wildman–Crippen MR) is 131 cm³/mol. The first-order valence-electron chi connectivity index (χ1n) is 10.9. The number of halogens is 2. The van der Waals surface area contributed by atoms with E-state index in [2.05, 4.69) is 20.3 Å². The number of hydrogen-bond acceptors (Lipinski definition) is 6. The molecule has 180 valence electrons. The Labute approximate surface area is 207 Å². The van der Waals surface area contributed by atoms with Crippen LogP contribution >= 0.6 is 11.6 Å². The molecule has 0 unspecified atom stereocenters. The van der Waals surface area contributed by atoms with Crippen LogP contribution in [-0.4, -0.2) is 51.4 Å². The monoisotopic (exact) mass is 512 g/mol. The molecule has 11 heteroatoms. The number of benzene rings is 2. The van der Waals surface area contributed by atoms with Gasteiger partial charge in [0.1, 0.15) is 18.0 Å². The quantitative estimate of drug-likeness (QED) is 0.420. The topological polar surface area (TPSA) is 93.0 Å². The molecule has 3 heterocycles. The smallest absolute Gasteiger partial charge is 0.262 e. The lowest BCUT2D eigenvalue weighted by Gasteiger charge is -2.21. The summed E-state index contributed by atoms with van der Waals surface area (Å²) >= 11 is 6.13. The van der Waals surface area contributed by atoms with Crippen molar-refractivity contribution in [2.24, 2.45) is 7.05 Å². The molecular weight excluding hydrogens is 491 g/mol. The van der Waals surface area contributed by atoms with Crippen LogP contribution in [0.25, 0.3) is 11.3 Å². The molecule has 4 aromatic rings. The third-order valence-electron chi connectivity index (χ3n) is 5.99. The summed E-state index contributed by atoms with van der Waals surface area (Å²) in [4.78, 5) is 12.7. The van der Waals surface area contributed by atoms with E-state index in [9.17, 15) is 12.8 Å². The summed E-state index contributed by atoms with van der Waals surface area (Å²) in [7, 11) is -2.09. The van der Waals surface area contributed by atoms with Crippen LogP contribution in [0.4, 0.5) is 10.2 Å². The largest absolute Gasteiger partial charge is 0.365 e. The summed E-state index contributed by atoms with van der Waals surface area (Å²) in [6.45, 7) is 0.409. The second kappa shape index (κ2) is 9.37. The molecule has 0 saturated carbocycles. The van der Waals surface area contributed by atoms with Gasteiger partial charge in [-0.15, -0.1) is 0 Å². The third-order valence-corrected chi connectivity index (χ3v) is 7.94. The molecule has 1 N–H and O–H groups in total. The number of anilines is 1. The summed E-state index contributed by atoms with van der Waals surface area (Å²) in [6, 6.07) is 14.9. The molecule has 0 aliphatic carbocycles. The van der Waals surface area contributed by atoms with E-state index in [0.29, 0.717) is 16.5 Å². The summed E-state index contributed by atoms with van der Waals surface area (Å²) in [5.74, 6) is -0.0426. The highest BCUT2D eigenvalue weighted by molar-refractivity contribution is 7.89. The van der Waals surface area contributed by atoms with E-state index in [1.807, 2.05) is 18.2 Å². The summed E-state index contributed by atoms with van der Waals surface area (Å²) < 4.78 is 43.1. The number of nitrogens with one attached hydrogen (secondary N) is 1. The Morgan fingerprint density at radius 3 is 2.57 bits per heavy atom. The van der Waals surface area contributed by atoms with Crippen LogP contribution in [0.2, 0.25) is 5.02 Å². The number of nitrogens with zero attached hydrogens (tertiary/aromatic N) is 5. The SMILES string of the molecule is Cn1cnc(S(=O)(=O)N2C[C@H](Nc3cc(-c4cccc(Cl)c4)ncn3)[C@@H](c3ccc(F)cc3)C2)c1. The van der Waals surface area contributed by atoms with E-state index < -0.39 is 10.0 Å². The first-order valence-corrected chi connectivity index (χ1v) is 12.7. The molecule has 0 bridgehead atoms. The standard InChI is InChI=1S/C24H22ClFN6O2S/c1-31-13-24(29-15-31)35(33,34)32-11-20(16-5-7-19(26)8-6-16)22(12-32)30-23-10-21(27-14-28-23)17-3-2-4-18(25)9-17/h2-10,13-15,20,22H,11-12H2,1H3,(H,27,28,30)/t20-,22+/m1/s1. The molecule has 2 aromatic heterocycles. The molecule has 0 radical (unpaired) electrons. The molecule has 8 nitrogen and oxygen atoms in total. The maximum Gasteiger partial charge on any atom is 0.262 e. The van der Waals surface area contributed by atoms with Crippen LogP contribution < -0.4 is 5.32 Å². The lowest BCUT2D eigenvalue weighted by Crippen LogP contribution is -2.32. The molecule has 0 spiro atoms. The van der Waals surface area contributed by atoms with Gasteiger partial charge < -0.3 is 9.88 Å². The molecule has 1 aliphatic rings. The first kappa shape index (κ1) is 23.4. The Morgan fingerprint density at radius 2 is 1.86 bits per heavy atom. The lowest BCUT2D eigenvalue weighted by molar-refractivity contribution is 0.468. The summed E-state index contributed by atoms with van der Waals surface area (Å²) in [5, 5.41) is 3.96. The van der Waals surface area contributed by atoms with Crippen LogP contribution in [0, 0.1) is 5.82 Å². The van der Waals surface area contributed by atoms with Gasteiger partial charge in [0.05, 0.1) is 12.0 Å². The Morgan fingerprint density at radius 1 is 1.06 bits per heavy atom. The van der Waals surface area contributed by atoms with E-state index in [1.54, 1.807) is 35.9 Å². The van der Waals surface area contributed by atoms with Crippen molar-refractivity contribution >= 4 is 27.4 Å². The van der Waals surface area contributed by atoms with Crippen LogP contribution in [0.3, 0.4) is 0 Å². The van der Waals surface area contributed by atoms with Gasteiger partial charge in [0.2, 0.25) is 0 Å². The van der Waals surface area contributed by atoms with Gasteiger partial charge in [0, 0.05) is 54.9 Å². The van der Waals surface area contributed by atoms with Crippen molar-refractivity contribution in [1.82, 2.24) is 23.8 Å². The minimum Gasteiger partial charge on any atom is -0.365 e. The van der Waals surface area contributed by atoms with E-state index in [-0.39, 0.29) is 35.9 Å². The van der Waals surface area contributed by atoms with E-state index >= 15 is 0 Å². The van der Waals surface area contributed by atoms with E-state index in [4.69, 9.17) is 11.6 Å². The zero-order chi connectivity index (χ0) is 24.6. The maximum atomic E-state index is 13.6. The highest BCUT2D eigenvalue weighted by atomic mass is 35.5. The van der Waals surface area contributed by atoms with Crippen LogP contribution in [0.1, 0.15) is 11.5 Å². The number of rotatable bonds is 6. The van der Waals surface area contributed by atoms with E-state index in [0.717, 1.165) is 11.1 Å². The number of sulfonamides is 1. The third kappa shape index (κ3) is 4.90. The van der Waals surface area contributed by atoms with Crippen LogP contribution in [-0.2, 0) is 17.1 Å². The Balaban J connectivity index is 1.46. The molecule has 0 amide bonds. The average molecular weight is 513 g/mol. The van der Waals surface area contributed by atoms with Crippen LogP contribution in [0.15, 0.2) is 78.5 Å². The second-order valence-electron chi connectivity index (χ2n) is 8.41. The Hall–Kier alpha value is -3.34. The minimum absolute atomic E-state index is 0.0104. The van der Waals surface area contributed by atoms with Gasteiger partial charge in [0.15, 0.2) is 5.03 Å². The Kier molecular flexibility index (Phi) is 6.26. The zero-order valence-corrected chi connectivity index (χ0v) is 20.3. The molecule has 35 heavy (non-hydrogen) atoms. The zero-order valence-electron chi connectivity index (χ0n) is 18.7. The van der Waals surface area contributed by atoms with Gasteiger partial charge in [-0.1, -0.05) is 35.9 Å². The highest BCUT2D eigenvalue weighted by Gasteiger charge is 2.41. The fourth-order valence-electron chi connectivity index (χ4n) is 4.24. The number of aromatic nitrogens is 4. The fraction of sp³-hybridized carbons (Fsp3) is 0.208. The molecule has 1 aliphatic heterocycles. The Bertz CT molecular complexity index is 1460. The highest BCUT2D eigenvalue weighted by Crippen LogP contribution is 2.33. The number of imidazole rings is 1. The van der Waals surface area contributed by atoms with Gasteiger partial charge in [0.25, 0.3) is 10.0 Å². The van der Waals surface area contributed by atoms with Crippen LogP contribution in [0.5, 0.6) is 0 Å². The molecule has 1 saturated heterocycles. The van der Waals surface area contributed by atoms with Crippen molar-refractivity contribution in [3.63, 3.8) is 0 Å². The summed E-state index contributed by atoms with van der Waals surface area (Å²) in [5.41, 5.74) is 2.34. The van der Waals surface area contributed by atoms with Crippen molar-refractivity contribution in [3.05, 3.63) is 89.9 Å². The van der Waals surface area contributed by atoms with Gasteiger partial charge in [-0.25, -0.2) is 27.8 Å². The number of aryl methyl sites for hydroxylation is 1. The van der Waals surface area contributed by atoms with Crippen molar-refractivity contribution < 1.29 is 12.8 Å². The fourth-order valence-corrected chi connectivity index (χ4v) is 5.89. The average Bonchev–Trinajstić information content (AvgIpc) is 3.47. The van der Waals surface area contributed by atoms with Gasteiger partial charge in [-0.2, -0.15) is 4.31 Å². The lowest BCUT2D eigenvalue weighted by atomic mass is 9.94. The number of hydrogen-bond donors (Lipinski definition) is 1. The maximum absolute atomic E-state index is 13.6. The van der Waals surface area contributed by atoms with Crippen molar-refractivity contribution in [3.8, 4) is 11.3 Å². The second-order valence-corrected chi connectivity index (χ2v) is 10.7. The predicted octanol–water partition coefficient (Wildman–Crippen LogP) is 3.94. The molecular formula is C24H22ClFN6O2S. The van der Waals surface area contributed by atoms with Gasteiger partial charge in [-0.05, 0) is 29.8 Å². The summed E-state index contributed by atoms with van der Waals surface area (Å²) in [6.07, 6.45) is 4.38.